The van der Waals surface area contributed by atoms with E-state index in [4.69, 9.17) is 0 Å². The lowest BCUT2D eigenvalue weighted by Gasteiger charge is -2.01. The van der Waals surface area contributed by atoms with Gasteiger partial charge in [-0.05, 0) is 31.1 Å². The lowest BCUT2D eigenvalue weighted by molar-refractivity contribution is 0.629. The monoisotopic (exact) mass is 220 g/mol. The van der Waals surface area contributed by atoms with E-state index in [1.54, 1.807) is 10.6 Å². The summed E-state index contributed by atoms with van der Waals surface area (Å²) in [6, 6.07) is 1.46. The Morgan fingerprint density at radius 3 is 2.56 bits per heavy atom. The van der Waals surface area contributed by atoms with Crippen molar-refractivity contribution in [2.45, 2.75) is 27.7 Å². The van der Waals surface area contributed by atoms with Crippen molar-refractivity contribution >= 4 is 11.2 Å². The molecule has 3 heteroatoms. The molecule has 0 unspecified atom stereocenters. The molecule has 0 aliphatic heterocycles. The maximum Gasteiger partial charge on any atom is 0.173 e. The largest absolute Gasteiger partial charge is 0.304 e. The van der Waals surface area contributed by atoms with Crippen molar-refractivity contribution < 1.29 is 4.39 Å². The Bertz CT molecular complexity index is 512. The number of hydrogen-bond donors (Lipinski definition) is 0. The number of rotatable bonds is 1. The van der Waals surface area contributed by atoms with Crippen LogP contribution in [-0.4, -0.2) is 9.38 Å². The standard InChI is InChI=1S/C11H11FN2.C2H6/c1-7(2)9-4-10(12)11-13-8(3)5-14(11)6-9;1-2/h4-6H,1H2,2-3H3;1-2H3. The molecule has 0 aliphatic carbocycles. The molecule has 0 aromatic carbocycles. The van der Waals surface area contributed by atoms with Gasteiger partial charge in [0.25, 0.3) is 0 Å². The molecule has 0 N–H and O–H groups in total. The molecular weight excluding hydrogens is 203 g/mol. The molecule has 16 heavy (non-hydrogen) atoms. The SMILES string of the molecule is C=C(C)c1cc(F)c2nc(C)cn2c1.CC. The fraction of sp³-hybridized carbons (Fsp3) is 0.308. The first-order valence-corrected chi connectivity index (χ1v) is 5.38. The van der Waals surface area contributed by atoms with Crippen LogP contribution in [0.4, 0.5) is 4.39 Å². The first-order chi connectivity index (χ1) is 7.58. The molecule has 0 amide bonds. The second kappa shape index (κ2) is 4.92. The molecule has 2 aromatic heterocycles. The van der Waals surface area contributed by atoms with Crippen LogP contribution in [-0.2, 0) is 0 Å². The van der Waals surface area contributed by atoms with Gasteiger partial charge in [0.2, 0.25) is 0 Å². The molecular formula is C13H17FN2. The Kier molecular flexibility index (Phi) is 3.82. The van der Waals surface area contributed by atoms with E-state index in [0.717, 1.165) is 16.8 Å². The third kappa shape index (κ3) is 2.30. The van der Waals surface area contributed by atoms with Gasteiger partial charge < -0.3 is 4.40 Å². The van der Waals surface area contributed by atoms with Gasteiger partial charge in [-0.3, -0.25) is 0 Å². The van der Waals surface area contributed by atoms with Gasteiger partial charge in [0.15, 0.2) is 11.5 Å². The van der Waals surface area contributed by atoms with Crippen LogP contribution in [0.1, 0.15) is 32.0 Å². The van der Waals surface area contributed by atoms with Gasteiger partial charge in [-0.2, -0.15) is 0 Å². The molecule has 2 aromatic rings. The fourth-order valence-corrected chi connectivity index (χ4v) is 1.41. The Morgan fingerprint density at radius 2 is 2.00 bits per heavy atom. The summed E-state index contributed by atoms with van der Waals surface area (Å²) in [6.07, 6.45) is 3.63. The number of allylic oxidation sites excluding steroid dienone is 1. The Balaban J connectivity index is 0.000000606. The molecule has 2 rings (SSSR count). The summed E-state index contributed by atoms with van der Waals surface area (Å²) in [6.45, 7) is 11.5. The molecule has 2 nitrogen and oxygen atoms in total. The highest BCUT2D eigenvalue weighted by molar-refractivity contribution is 5.62. The van der Waals surface area contributed by atoms with Gasteiger partial charge in [-0.15, -0.1) is 0 Å². The Labute approximate surface area is 95.4 Å². The van der Waals surface area contributed by atoms with E-state index in [1.165, 1.54) is 6.07 Å². The molecule has 2 heterocycles. The van der Waals surface area contributed by atoms with Crippen molar-refractivity contribution in [1.29, 1.82) is 0 Å². The average molecular weight is 220 g/mol. The lowest BCUT2D eigenvalue weighted by Crippen LogP contribution is -1.91. The predicted molar refractivity (Wildman–Crippen MR) is 65.9 cm³/mol. The van der Waals surface area contributed by atoms with Gasteiger partial charge in [0.05, 0.1) is 5.69 Å². The normalized spacial score (nSPS) is 9.81. The lowest BCUT2D eigenvalue weighted by atomic mass is 10.1. The quantitative estimate of drug-likeness (QED) is 0.713. The van der Waals surface area contributed by atoms with Crippen molar-refractivity contribution in [3.8, 4) is 0 Å². The van der Waals surface area contributed by atoms with E-state index in [0.29, 0.717) is 5.65 Å². The van der Waals surface area contributed by atoms with Crippen LogP contribution in [0.25, 0.3) is 11.2 Å². The van der Waals surface area contributed by atoms with Crippen molar-refractivity contribution in [2.75, 3.05) is 0 Å². The first kappa shape index (κ1) is 12.4. The number of hydrogen-bond acceptors (Lipinski definition) is 1. The van der Waals surface area contributed by atoms with E-state index >= 15 is 0 Å². The average Bonchev–Trinajstić information content (AvgIpc) is 2.62. The summed E-state index contributed by atoms with van der Waals surface area (Å²) in [5.41, 5.74) is 2.82. The summed E-state index contributed by atoms with van der Waals surface area (Å²) in [5.74, 6) is -0.307. The number of nitrogens with zero attached hydrogens (tertiary/aromatic N) is 2. The number of aromatic nitrogens is 2. The van der Waals surface area contributed by atoms with Crippen LogP contribution in [0.2, 0.25) is 0 Å². The smallest absolute Gasteiger partial charge is 0.173 e. The van der Waals surface area contributed by atoms with Crippen LogP contribution in [0.5, 0.6) is 0 Å². The Hall–Kier alpha value is -1.64. The van der Waals surface area contributed by atoms with Crippen molar-refractivity contribution in [2.24, 2.45) is 0 Å². The number of halogens is 1. The van der Waals surface area contributed by atoms with Gasteiger partial charge in [0, 0.05) is 12.4 Å². The van der Waals surface area contributed by atoms with Crippen LogP contribution >= 0.6 is 0 Å². The number of aryl methyl sites for hydroxylation is 1. The summed E-state index contributed by atoms with van der Waals surface area (Å²) in [5, 5.41) is 0. The topological polar surface area (TPSA) is 17.3 Å². The van der Waals surface area contributed by atoms with E-state index < -0.39 is 0 Å². The first-order valence-electron chi connectivity index (χ1n) is 5.38. The van der Waals surface area contributed by atoms with E-state index in [9.17, 15) is 4.39 Å². The van der Waals surface area contributed by atoms with Crippen molar-refractivity contribution in [3.05, 3.63) is 42.1 Å². The number of pyridine rings is 1. The zero-order valence-electron chi connectivity index (χ0n) is 10.2. The predicted octanol–water partition coefficient (Wildman–Crippen LogP) is 3.84. The van der Waals surface area contributed by atoms with E-state index in [1.807, 2.05) is 33.9 Å². The van der Waals surface area contributed by atoms with Gasteiger partial charge >= 0.3 is 0 Å². The van der Waals surface area contributed by atoms with Crippen molar-refractivity contribution in [1.82, 2.24) is 9.38 Å². The molecule has 86 valence electrons. The van der Waals surface area contributed by atoms with Gasteiger partial charge in [-0.25, -0.2) is 9.37 Å². The summed E-state index contributed by atoms with van der Waals surface area (Å²) in [7, 11) is 0. The van der Waals surface area contributed by atoms with Crippen LogP contribution < -0.4 is 0 Å². The maximum absolute atomic E-state index is 13.5. The molecule has 0 bridgehead atoms. The highest BCUT2D eigenvalue weighted by Crippen LogP contribution is 2.17. The Morgan fingerprint density at radius 1 is 1.38 bits per heavy atom. The van der Waals surface area contributed by atoms with E-state index in [2.05, 4.69) is 11.6 Å². The zero-order chi connectivity index (χ0) is 12.3. The van der Waals surface area contributed by atoms with Crippen LogP contribution in [0, 0.1) is 12.7 Å². The number of imidazole rings is 1. The minimum atomic E-state index is -0.307. The zero-order valence-corrected chi connectivity index (χ0v) is 10.2. The maximum atomic E-state index is 13.5. The van der Waals surface area contributed by atoms with Crippen molar-refractivity contribution in [3.63, 3.8) is 0 Å². The molecule has 0 fully saturated rings. The van der Waals surface area contributed by atoms with Gasteiger partial charge in [0.1, 0.15) is 0 Å². The molecule has 0 spiro atoms. The molecule has 0 radical (unpaired) electrons. The fourth-order valence-electron chi connectivity index (χ4n) is 1.41. The minimum Gasteiger partial charge on any atom is -0.304 e. The molecule has 0 saturated carbocycles. The second-order valence-corrected chi connectivity index (χ2v) is 3.47. The van der Waals surface area contributed by atoms with E-state index in [-0.39, 0.29) is 5.82 Å². The summed E-state index contributed by atoms with van der Waals surface area (Å²) < 4.78 is 15.2. The minimum absolute atomic E-state index is 0.307. The molecule has 0 atom stereocenters. The van der Waals surface area contributed by atoms with Crippen LogP contribution in [0.3, 0.4) is 0 Å². The summed E-state index contributed by atoms with van der Waals surface area (Å²) >= 11 is 0. The highest BCUT2D eigenvalue weighted by atomic mass is 19.1. The highest BCUT2D eigenvalue weighted by Gasteiger charge is 2.06. The number of fused-ring (bicyclic) bond motifs is 1. The second-order valence-electron chi connectivity index (χ2n) is 3.47. The molecule has 0 saturated heterocycles. The van der Waals surface area contributed by atoms with Crippen LogP contribution in [0.15, 0.2) is 25.0 Å². The third-order valence-corrected chi connectivity index (χ3v) is 2.12. The van der Waals surface area contributed by atoms with Gasteiger partial charge in [-0.1, -0.05) is 20.4 Å². The third-order valence-electron chi connectivity index (χ3n) is 2.12. The molecule has 0 aliphatic rings. The summed E-state index contributed by atoms with van der Waals surface area (Å²) in [4.78, 5) is 4.07.